The van der Waals surface area contributed by atoms with Gasteiger partial charge >= 0.3 is 0 Å². The number of nitrogen functional groups attached to an aromatic ring is 1. The molecule has 4 heteroatoms. The Morgan fingerprint density at radius 2 is 2.54 bits per heavy atom. The average Bonchev–Trinajstić information content (AvgIpc) is 2.57. The fourth-order valence-electron chi connectivity index (χ4n) is 1.71. The van der Waals surface area contributed by atoms with E-state index in [0.29, 0.717) is 11.7 Å². The molecule has 0 aliphatic carbocycles. The molecule has 1 aromatic rings. The highest BCUT2D eigenvalue weighted by molar-refractivity contribution is 5.34. The molecule has 1 aliphatic rings. The highest BCUT2D eigenvalue weighted by atomic mass is 15.1. The van der Waals surface area contributed by atoms with Gasteiger partial charge in [-0.2, -0.15) is 10.2 Å². The van der Waals surface area contributed by atoms with E-state index in [2.05, 4.69) is 15.5 Å². The van der Waals surface area contributed by atoms with Crippen molar-refractivity contribution in [3.63, 3.8) is 0 Å². The van der Waals surface area contributed by atoms with Crippen molar-refractivity contribution >= 4 is 5.69 Å². The smallest absolute Gasteiger partial charge is 0.0726 e. The largest absolute Gasteiger partial charge is 0.397 e. The maximum Gasteiger partial charge on any atom is 0.0726 e. The Balaban J connectivity index is 2.00. The van der Waals surface area contributed by atoms with Crippen molar-refractivity contribution in [1.82, 2.24) is 15.5 Å². The molecule has 0 amide bonds. The van der Waals surface area contributed by atoms with Crippen LogP contribution in [0.15, 0.2) is 12.3 Å². The Kier molecular flexibility index (Phi) is 2.40. The van der Waals surface area contributed by atoms with Gasteiger partial charge in [0, 0.05) is 12.5 Å². The summed E-state index contributed by atoms with van der Waals surface area (Å²) in [5.41, 5.74) is 7.29. The molecule has 0 spiro atoms. The van der Waals surface area contributed by atoms with E-state index in [-0.39, 0.29) is 0 Å². The third kappa shape index (κ3) is 2.15. The third-order valence-corrected chi connectivity index (χ3v) is 2.34. The fourth-order valence-corrected chi connectivity index (χ4v) is 1.71. The molecule has 4 nitrogen and oxygen atoms in total. The first kappa shape index (κ1) is 8.44. The van der Waals surface area contributed by atoms with Gasteiger partial charge in [0.05, 0.1) is 17.6 Å². The fraction of sp³-hybridized carbons (Fsp3) is 0.556. The summed E-state index contributed by atoms with van der Waals surface area (Å²) in [6.45, 7) is 1.13. The number of aromatic nitrogens is 2. The Morgan fingerprint density at radius 3 is 3.23 bits per heavy atom. The Hall–Kier alpha value is -1.16. The number of nitrogens with two attached hydrogens (primary N) is 1. The SMILES string of the molecule is Nc1cnnc(CC2CCCN2)c1. The van der Waals surface area contributed by atoms with Crippen LogP contribution in [0.25, 0.3) is 0 Å². The molecule has 0 saturated carbocycles. The molecule has 3 N–H and O–H groups in total. The standard InChI is InChI=1S/C9H14N4/c10-7-4-9(13-12-6-7)5-8-2-1-3-11-8/h4,6,8,11H,1-3,5H2,(H2,10,13). The molecule has 0 radical (unpaired) electrons. The molecule has 1 aromatic heterocycles. The highest BCUT2D eigenvalue weighted by Crippen LogP contribution is 2.11. The number of hydrogen-bond donors (Lipinski definition) is 2. The highest BCUT2D eigenvalue weighted by Gasteiger charge is 2.14. The van der Waals surface area contributed by atoms with Gasteiger partial charge in [0.25, 0.3) is 0 Å². The van der Waals surface area contributed by atoms with E-state index in [9.17, 15) is 0 Å². The Morgan fingerprint density at radius 1 is 1.62 bits per heavy atom. The maximum absolute atomic E-state index is 5.61. The van der Waals surface area contributed by atoms with Crippen LogP contribution in [0.2, 0.25) is 0 Å². The van der Waals surface area contributed by atoms with E-state index < -0.39 is 0 Å². The van der Waals surface area contributed by atoms with Crippen molar-refractivity contribution in [3.8, 4) is 0 Å². The summed E-state index contributed by atoms with van der Waals surface area (Å²) in [6, 6.07) is 2.46. The molecular weight excluding hydrogens is 164 g/mol. The topological polar surface area (TPSA) is 63.8 Å². The van der Waals surface area contributed by atoms with Crippen LogP contribution in [0.3, 0.4) is 0 Å². The van der Waals surface area contributed by atoms with Crippen LogP contribution in [0.1, 0.15) is 18.5 Å². The van der Waals surface area contributed by atoms with E-state index in [4.69, 9.17) is 5.73 Å². The summed E-state index contributed by atoms with van der Waals surface area (Å²) in [5, 5.41) is 11.3. The number of hydrogen-bond acceptors (Lipinski definition) is 4. The predicted molar refractivity (Wildman–Crippen MR) is 51.2 cm³/mol. The van der Waals surface area contributed by atoms with Gasteiger partial charge in [-0.1, -0.05) is 0 Å². The second-order valence-corrected chi connectivity index (χ2v) is 3.48. The quantitative estimate of drug-likeness (QED) is 0.686. The summed E-state index contributed by atoms with van der Waals surface area (Å²) in [5.74, 6) is 0. The minimum atomic E-state index is 0.566. The molecule has 1 aliphatic heterocycles. The monoisotopic (exact) mass is 178 g/mol. The zero-order valence-electron chi connectivity index (χ0n) is 7.53. The van der Waals surface area contributed by atoms with Crippen LogP contribution in [0.4, 0.5) is 5.69 Å². The molecule has 0 aromatic carbocycles. The normalized spacial score (nSPS) is 22.0. The summed E-state index contributed by atoms with van der Waals surface area (Å²) in [4.78, 5) is 0. The van der Waals surface area contributed by atoms with E-state index in [0.717, 1.165) is 18.7 Å². The van der Waals surface area contributed by atoms with E-state index >= 15 is 0 Å². The van der Waals surface area contributed by atoms with Crippen LogP contribution in [0.5, 0.6) is 0 Å². The van der Waals surface area contributed by atoms with Crippen LogP contribution in [0, 0.1) is 0 Å². The Bertz CT molecular complexity index is 281. The number of anilines is 1. The van der Waals surface area contributed by atoms with Crippen molar-refractivity contribution in [2.24, 2.45) is 0 Å². The van der Waals surface area contributed by atoms with Crippen LogP contribution < -0.4 is 11.1 Å². The van der Waals surface area contributed by atoms with Crippen molar-refractivity contribution in [3.05, 3.63) is 18.0 Å². The lowest BCUT2D eigenvalue weighted by Crippen LogP contribution is -2.24. The lowest BCUT2D eigenvalue weighted by molar-refractivity contribution is 0.591. The van der Waals surface area contributed by atoms with Crippen LogP contribution in [-0.4, -0.2) is 22.8 Å². The second-order valence-electron chi connectivity index (χ2n) is 3.48. The average molecular weight is 178 g/mol. The molecule has 2 rings (SSSR count). The lowest BCUT2D eigenvalue weighted by Gasteiger charge is -2.08. The van der Waals surface area contributed by atoms with Gasteiger partial charge in [0.2, 0.25) is 0 Å². The predicted octanol–water partition coefficient (Wildman–Crippen LogP) is 0.353. The Labute approximate surface area is 77.5 Å². The molecule has 1 atom stereocenters. The van der Waals surface area contributed by atoms with Crippen LogP contribution in [-0.2, 0) is 6.42 Å². The zero-order chi connectivity index (χ0) is 9.10. The minimum absolute atomic E-state index is 0.566. The lowest BCUT2D eigenvalue weighted by atomic mass is 10.1. The summed E-state index contributed by atoms with van der Waals surface area (Å²) >= 11 is 0. The van der Waals surface area contributed by atoms with Crippen molar-refractivity contribution in [2.75, 3.05) is 12.3 Å². The number of nitrogens with one attached hydrogen (secondary N) is 1. The van der Waals surface area contributed by atoms with Crippen molar-refractivity contribution in [1.29, 1.82) is 0 Å². The second kappa shape index (κ2) is 3.70. The van der Waals surface area contributed by atoms with Crippen LogP contribution >= 0.6 is 0 Å². The molecule has 1 fully saturated rings. The molecule has 70 valence electrons. The number of nitrogens with zero attached hydrogens (tertiary/aromatic N) is 2. The molecular formula is C9H14N4. The van der Waals surface area contributed by atoms with E-state index in [1.807, 2.05) is 6.07 Å². The number of rotatable bonds is 2. The van der Waals surface area contributed by atoms with E-state index in [1.165, 1.54) is 12.8 Å². The van der Waals surface area contributed by atoms with Crippen molar-refractivity contribution in [2.45, 2.75) is 25.3 Å². The van der Waals surface area contributed by atoms with E-state index in [1.54, 1.807) is 6.20 Å². The summed E-state index contributed by atoms with van der Waals surface area (Å²) in [7, 11) is 0. The first-order chi connectivity index (χ1) is 6.34. The van der Waals surface area contributed by atoms with Crippen molar-refractivity contribution < 1.29 is 0 Å². The maximum atomic E-state index is 5.61. The molecule has 2 heterocycles. The first-order valence-electron chi connectivity index (χ1n) is 4.65. The van der Waals surface area contributed by atoms with Gasteiger partial charge in [0.1, 0.15) is 0 Å². The van der Waals surface area contributed by atoms with Gasteiger partial charge in [0.15, 0.2) is 0 Å². The molecule has 1 saturated heterocycles. The van der Waals surface area contributed by atoms with Gasteiger partial charge < -0.3 is 11.1 Å². The minimum Gasteiger partial charge on any atom is -0.397 e. The zero-order valence-corrected chi connectivity index (χ0v) is 7.53. The third-order valence-electron chi connectivity index (χ3n) is 2.34. The first-order valence-corrected chi connectivity index (χ1v) is 4.65. The molecule has 0 bridgehead atoms. The van der Waals surface area contributed by atoms with Gasteiger partial charge in [-0.15, -0.1) is 0 Å². The van der Waals surface area contributed by atoms with Gasteiger partial charge in [-0.05, 0) is 25.5 Å². The summed E-state index contributed by atoms with van der Waals surface area (Å²) in [6.07, 6.45) is 5.01. The van der Waals surface area contributed by atoms with Gasteiger partial charge in [-0.25, -0.2) is 0 Å². The summed E-state index contributed by atoms with van der Waals surface area (Å²) < 4.78 is 0. The van der Waals surface area contributed by atoms with Gasteiger partial charge in [-0.3, -0.25) is 0 Å². The molecule has 13 heavy (non-hydrogen) atoms. The molecule has 1 unspecified atom stereocenters.